The molecule has 1 aliphatic rings. The van der Waals surface area contributed by atoms with Crippen molar-refractivity contribution in [3.8, 4) is 11.5 Å². The molecule has 1 atom stereocenters. The number of methoxy groups -OCH3 is 2. The molecule has 0 fully saturated rings. The molecule has 1 amide bonds. The van der Waals surface area contributed by atoms with Crippen LogP contribution < -0.4 is 15.0 Å². The van der Waals surface area contributed by atoms with Crippen molar-refractivity contribution >= 4 is 27.7 Å². The monoisotopic (exact) mass is 432 g/mol. The smallest absolute Gasteiger partial charge is 0.291 e. The number of aromatic amines is 1. The molecule has 0 saturated heterocycles. The number of hydrogen-bond acceptors (Lipinski definition) is 5. The number of rotatable bonds is 4. The molecule has 32 heavy (non-hydrogen) atoms. The largest absolute Gasteiger partial charge is 0.493 e. The lowest BCUT2D eigenvalue weighted by Gasteiger charge is -2.35. The minimum absolute atomic E-state index is 0.114. The van der Waals surface area contributed by atoms with Crippen molar-refractivity contribution in [2.24, 2.45) is 0 Å². The number of nitrogens with one attached hydrogen (secondary N) is 1. The van der Waals surface area contributed by atoms with Crippen LogP contribution in [-0.2, 0) is 17.8 Å². The second-order valence-corrected chi connectivity index (χ2v) is 7.99. The van der Waals surface area contributed by atoms with Gasteiger partial charge in [0.1, 0.15) is 12.1 Å². The van der Waals surface area contributed by atoms with E-state index >= 15 is 0 Å². The number of nitrogens with zero attached hydrogens (tertiary/aromatic N) is 3. The number of ether oxygens (including phenoxy) is 2. The van der Waals surface area contributed by atoms with Gasteiger partial charge in [0.15, 0.2) is 11.5 Å². The number of H-pyrrole nitrogens is 1. The van der Waals surface area contributed by atoms with E-state index in [9.17, 15) is 9.59 Å². The molecule has 164 valence electrons. The van der Waals surface area contributed by atoms with Crippen LogP contribution in [0.15, 0.2) is 47.4 Å². The van der Waals surface area contributed by atoms with E-state index in [1.165, 1.54) is 4.68 Å². The molecule has 1 N–H and O–H groups in total. The molecule has 0 bridgehead atoms. The summed E-state index contributed by atoms with van der Waals surface area (Å²) in [5.74, 6) is 1.16. The van der Waals surface area contributed by atoms with Gasteiger partial charge in [-0.3, -0.25) is 9.59 Å². The normalized spacial score (nSPS) is 15.7. The van der Waals surface area contributed by atoms with Gasteiger partial charge in [0.2, 0.25) is 5.91 Å². The summed E-state index contributed by atoms with van der Waals surface area (Å²) in [5, 5.41) is 5.98. The lowest BCUT2D eigenvalue weighted by atomic mass is 9.92. The van der Waals surface area contributed by atoms with Gasteiger partial charge in [-0.2, -0.15) is 5.10 Å². The third-order valence-corrected chi connectivity index (χ3v) is 6.31. The van der Waals surface area contributed by atoms with Gasteiger partial charge in [0, 0.05) is 22.8 Å². The molecule has 2 aromatic heterocycles. The molecule has 8 heteroatoms. The zero-order valence-corrected chi connectivity index (χ0v) is 18.2. The van der Waals surface area contributed by atoms with Gasteiger partial charge in [-0.1, -0.05) is 18.2 Å². The summed E-state index contributed by atoms with van der Waals surface area (Å²) < 4.78 is 12.1. The average molecular weight is 432 g/mol. The van der Waals surface area contributed by atoms with Crippen LogP contribution in [0.2, 0.25) is 0 Å². The Morgan fingerprint density at radius 2 is 1.91 bits per heavy atom. The fraction of sp³-hybridized carbons (Fsp3) is 0.292. The molecule has 2 aromatic carbocycles. The Bertz CT molecular complexity index is 1400. The zero-order valence-electron chi connectivity index (χ0n) is 18.2. The van der Waals surface area contributed by atoms with Crippen LogP contribution in [0.5, 0.6) is 11.5 Å². The summed E-state index contributed by atoms with van der Waals surface area (Å²) in [6.07, 6.45) is 2.35. The quantitative estimate of drug-likeness (QED) is 0.535. The summed E-state index contributed by atoms with van der Waals surface area (Å²) in [6.45, 7) is 2.43. The maximum absolute atomic E-state index is 13.2. The first-order valence-electron chi connectivity index (χ1n) is 10.5. The van der Waals surface area contributed by atoms with Gasteiger partial charge >= 0.3 is 0 Å². The van der Waals surface area contributed by atoms with E-state index in [0.717, 1.165) is 27.4 Å². The molecule has 0 radical (unpaired) electrons. The minimum Gasteiger partial charge on any atom is -0.493 e. The Kier molecular flexibility index (Phi) is 4.84. The lowest BCUT2D eigenvalue weighted by Crippen LogP contribution is -2.42. The molecule has 0 spiro atoms. The second-order valence-electron chi connectivity index (χ2n) is 7.99. The molecule has 0 saturated carbocycles. The molecule has 8 nitrogen and oxygen atoms in total. The third-order valence-electron chi connectivity index (χ3n) is 6.31. The average Bonchev–Trinajstić information content (AvgIpc) is 3.20. The second kappa shape index (κ2) is 7.71. The highest BCUT2D eigenvalue weighted by Crippen LogP contribution is 2.38. The van der Waals surface area contributed by atoms with Gasteiger partial charge in [-0.05, 0) is 42.7 Å². The van der Waals surface area contributed by atoms with Crippen molar-refractivity contribution in [2.75, 3.05) is 20.8 Å². The van der Waals surface area contributed by atoms with E-state index in [1.54, 1.807) is 25.3 Å². The number of carbonyl (C=O) groups excluding carboxylic acids is 1. The highest BCUT2D eigenvalue weighted by molar-refractivity contribution is 6.06. The standard InChI is InChI=1S/C24H24N4O4/c1-14-17-11-21(32-3)20(31-2)10-15(17)8-9-27(14)22(29)13-28-24(30)23-18(12-25-28)16-6-4-5-7-19(16)26-23/h4-7,10-12,14,26H,8-9,13H2,1-3H3. The fourth-order valence-corrected chi connectivity index (χ4v) is 4.59. The van der Waals surface area contributed by atoms with E-state index in [2.05, 4.69) is 10.1 Å². The molecule has 4 aromatic rings. The highest BCUT2D eigenvalue weighted by Gasteiger charge is 2.29. The van der Waals surface area contributed by atoms with Crippen LogP contribution in [0, 0.1) is 0 Å². The summed E-state index contributed by atoms with van der Waals surface area (Å²) in [5.41, 5.74) is 3.19. The number of para-hydroxylation sites is 1. The van der Waals surface area contributed by atoms with Crippen molar-refractivity contribution < 1.29 is 14.3 Å². The van der Waals surface area contributed by atoms with E-state index in [-0.39, 0.29) is 24.1 Å². The molecular weight excluding hydrogens is 408 g/mol. The maximum atomic E-state index is 13.2. The van der Waals surface area contributed by atoms with Crippen LogP contribution in [0.1, 0.15) is 24.1 Å². The summed E-state index contributed by atoms with van der Waals surface area (Å²) in [7, 11) is 3.21. The summed E-state index contributed by atoms with van der Waals surface area (Å²) in [4.78, 5) is 31.2. The van der Waals surface area contributed by atoms with Gasteiger partial charge in [-0.25, -0.2) is 4.68 Å². The van der Waals surface area contributed by atoms with Crippen LogP contribution in [0.4, 0.5) is 0 Å². The predicted octanol–water partition coefficient (Wildman–Crippen LogP) is 3.04. The first-order valence-corrected chi connectivity index (χ1v) is 10.5. The van der Waals surface area contributed by atoms with E-state index < -0.39 is 0 Å². The number of fused-ring (bicyclic) bond motifs is 4. The topological polar surface area (TPSA) is 89.4 Å². The van der Waals surface area contributed by atoms with E-state index in [0.29, 0.717) is 30.0 Å². The molecule has 1 unspecified atom stereocenters. The van der Waals surface area contributed by atoms with Crippen LogP contribution in [0.3, 0.4) is 0 Å². The number of amides is 1. The molecule has 5 rings (SSSR count). The number of aromatic nitrogens is 3. The fourth-order valence-electron chi connectivity index (χ4n) is 4.59. The lowest BCUT2D eigenvalue weighted by molar-refractivity contribution is -0.134. The van der Waals surface area contributed by atoms with Crippen molar-refractivity contribution in [2.45, 2.75) is 25.9 Å². The molecule has 1 aliphatic heterocycles. The Morgan fingerprint density at radius 3 is 2.69 bits per heavy atom. The summed E-state index contributed by atoms with van der Waals surface area (Å²) >= 11 is 0. The molecule has 0 aliphatic carbocycles. The van der Waals surface area contributed by atoms with Crippen molar-refractivity contribution in [3.05, 3.63) is 64.1 Å². The highest BCUT2D eigenvalue weighted by atomic mass is 16.5. The third kappa shape index (κ3) is 3.10. The molecular formula is C24H24N4O4. The van der Waals surface area contributed by atoms with Crippen LogP contribution in [-0.4, -0.2) is 46.3 Å². The van der Waals surface area contributed by atoms with Gasteiger partial charge < -0.3 is 19.4 Å². The Hall–Kier alpha value is -3.81. The predicted molar refractivity (Wildman–Crippen MR) is 121 cm³/mol. The van der Waals surface area contributed by atoms with Crippen LogP contribution in [0.25, 0.3) is 21.8 Å². The minimum atomic E-state index is -0.302. The maximum Gasteiger partial charge on any atom is 0.291 e. The van der Waals surface area contributed by atoms with Gasteiger partial charge in [0.05, 0.1) is 26.5 Å². The van der Waals surface area contributed by atoms with Crippen molar-refractivity contribution in [3.63, 3.8) is 0 Å². The zero-order chi connectivity index (χ0) is 22.4. The van der Waals surface area contributed by atoms with Crippen molar-refractivity contribution in [1.29, 1.82) is 0 Å². The van der Waals surface area contributed by atoms with E-state index in [1.807, 2.05) is 43.3 Å². The number of carbonyl (C=O) groups is 1. The molecule has 3 heterocycles. The Balaban J connectivity index is 1.44. The number of benzene rings is 2. The first kappa shape index (κ1) is 20.1. The SMILES string of the molecule is COc1cc2c(cc1OC)C(C)N(C(=O)Cn1ncc3c([nH]c4ccccc43)c1=O)CC2. The Morgan fingerprint density at radius 1 is 1.16 bits per heavy atom. The Labute approximate surface area is 184 Å². The summed E-state index contributed by atoms with van der Waals surface area (Å²) in [6, 6.07) is 11.4. The van der Waals surface area contributed by atoms with Crippen molar-refractivity contribution in [1.82, 2.24) is 19.7 Å². The first-order chi connectivity index (χ1) is 15.5. The van der Waals surface area contributed by atoms with Gasteiger partial charge in [0.25, 0.3) is 5.56 Å². The van der Waals surface area contributed by atoms with E-state index in [4.69, 9.17) is 9.47 Å². The number of hydrogen-bond donors (Lipinski definition) is 1. The van der Waals surface area contributed by atoms with Gasteiger partial charge in [-0.15, -0.1) is 0 Å². The van der Waals surface area contributed by atoms with Crippen LogP contribution >= 0.6 is 0 Å².